The lowest BCUT2D eigenvalue weighted by atomic mass is 10.1. The molecule has 0 radical (unpaired) electrons. The molecule has 1 amide bonds. The zero-order valence-corrected chi connectivity index (χ0v) is 14.3. The highest BCUT2D eigenvalue weighted by Gasteiger charge is 2.32. The molecule has 0 spiro atoms. The number of benzene rings is 1. The van der Waals surface area contributed by atoms with Crippen LogP contribution in [0.1, 0.15) is 39.0 Å². The summed E-state index contributed by atoms with van der Waals surface area (Å²) in [7, 11) is 1.22. The van der Waals surface area contributed by atoms with Gasteiger partial charge in [-0.3, -0.25) is 4.79 Å². The van der Waals surface area contributed by atoms with E-state index >= 15 is 0 Å². The number of aromatic nitrogens is 1. The number of para-hydroxylation sites is 2. The number of nitrogens with one attached hydrogen (secondary N) is 2. The number of ether oxygens (including phenoxy) is 2. The molecule has 2 rings (SSSR count). The molecule has 140 valence electrons. The number of hydrogen-bond donors (Lipinski definition) is 2. The highest BCUT2D eigenvalue weighted by molar-refractivity contribution is 6.07. The molecule has 0 fully saturated rings. The van der Waals surface area contributed by atoms with Gasteiger partial charge in [-0.1, -0.05) is 19.1 Å². The summed E-state index contributed by atoms with van der Waals surface area (Å²) in [5.74, 6) is -1.84. The quantitative estimate of drug-likeness (QED) is 0.784. The summed E-state index contributed by atoms with van der Waals surface area (Å²) >= 11 is 0. The van der Waals surface area contributed by atoms with Crippen molar-refractivity contribution in [3.05, 3.63) is 46.8 Å². The Morgan fingerprint density at radius 2 is 1.88 bits per heavy atom. The fraction of sp³-hybridized carbons (Fsp3) is 0.294. The van der Waals surface area contributed by atoms with Crippen molar-refractivity contribution in [2.45, 2.75) is 26.6 Å². The number of halogens is 3. The van der Waals surface area contributed by atoms with Crippen LogP contribution in [0.5, 0.6) is 5.75 Å². The predicted octanol–water partition coefficient (Wildman–Crippen LogP) is 3.82. The molecule has 2 N–H and O–H groups in total. The first-order valence-corrected chi connectivity index (χ1v) is 7.63. The van der Waals surface area contributed by atoms with Crippen molar-refractivity contribution in [3.8, 4) is 5.75 Å². The molecule has 0 bridgehead atoms. The molecule has 6 nitrogen and oxygen atoms in total. The molecule has 2 aromatic rings. The molecular weight excluding hydrogens is 353 g/mol. The number of anilines is 1. The van der Waals surface area contributed by atoms with E-state index in [1.807, 2.05) is 0 Å². The molecule has 0 aliphatic heterocycles. The summed E-state index contributed by atoms with van der Waals surface area (Å²) in [6.45, 7) is 3.33. The molecule has 1 heterocycles. The second kappa shape index (κ2) is 7.51. The number of carbonyl (C=O) groups excluding carboxylic acids is 2. The number of esters is 1. The minimum absolute atomic E-state index is 0.0593. The van der Waals surface area contributed by atoms with E-state index in [4.69, 9.17) is 4.74 Å². The molecule has 1 aromatic carbocycles. The second-order valence-electron chi connectivity index (χ2n) is 5.32. The Labute approximate surface area is 147 Å². The highest BCUT2D eigenvalue weighted by Crippen LogP contribution is 2.30. The minimum atomic E-state index is -4.89. The van der Waals surface area contributed by atoms with Crippen LogP contribution < -0.4 is 10.1 Å². The van der Waals surface area contributed by atoms with Gasteiger partial charge < -0.3 is 19.8 Å². The van der Waals surface area contributed by atoms with Crippen molar-refractivity contribution in [3.63, 3.8) is 0 Å². The van der Waals surface area contributed by atoms with Gasteiger partial charge in [-0.05, 0) is 31.0 Å². The van der Waals surface area contributed by atoms with E-state index in [0.717, 1.165) is 6.07 Å². The number of amides is 1. The van der Waals surface area contributed by atoms with Crippen molar-refractivity contribution < 1.29 is 32.2 Å². The molecule has 0 saturated heterocycles. The Bertz CT molecular complexity index is 828. The fourth-order valence-electron chi connectivity index (χ4n) is 2.50. The van der Waals surface area contributed by atoms with Gasteiger partial charge in [0.25, 0.3) is 5.91 Å². The van der Waals surface area contributed by atoms with Crippen molar-refractivity contribution in [1.29, 1.82) is 0 Å². The van der Waals surface area contributed by atoms with Crippen molar-refractivity contribution in [1.82, 2.24) is 4.98 Å². The summed E-state index contributed by atoms with van der Waals surface area (Å²) in [5.41, 5.74) is 0.991. The first kappa shape index (κ1) is 19.4. The van der Waals surface area contributed by atoms with Gasteiger partial charge in [0.1, 0.15) is 5.69 Å². The van der Waals surface area contributed by atoms with Gasteiger partial charge in [-0.15, -0.1) is 13.2 Å². The lowest BCUT2D eigenvalue weighted by Gasteiger charge is -2.13. The molecule has 0 atom stereocenters. The third-order valence-corrected chi connectivity index (χ3v) is 3.66. The third kappa shape index (κ3) is 4.16. The van der Waals surface area contributed by atoms with Crippen LogP contribution in [0.25, 0.3) is 0 Å². The predicted molar refractivity (Wildman–Crippen MR) is 87.3 cm³/mol. The van der Waals surface area contributed by atoms with Crippen molar-refractivity contribution in [2.75, 3.05) is 12.4 Å². The summed E-state index contributed by atoms with van der Waals surface area (Å²) in [4.78, 5) is 27.2. The number of H-pyrrole nitrogens is 1. The Kier molecular flexibility index (Phi) is 5.59. The first-order chi connectivity index (χ1) is 12.2. The average Bonchev–Trinajstić information content (AvgIpc) is 2.91. The molecule has 0 unspecified atom stereocenters. The summed E-state index contributed by atoms with van der Waals surface area (Å²) in [6, 6.07) is 5.17. The average molecular weight is 370 g/mol. The number of hydrogen-bond acceptors (Lipinski definition) is 4. The highest BCUT2D eigenvalue weighted by atomic mass is 19.4. The van der Waals surface area contributed by atoms with Crippen LogP contribution in [0.3, 0.4) is 0 Å². The second-order valence-corrected chi connectivity index (χ2v) is 5.32. The molecule has 26 heavy (non-hydrogen) atoms. The standard InChI is InChI=1S/C17H17F3N2O4/c1-4-10-13(16(24)25-3)9(2)14(21-10)15(23)22-11-7-5-6-8-12(11)26-17(18,19)20/h5-8,21H,4H2,1-3H3,(H,22,23). The summed E-state index contributed by atoms with van der Waals surface area (Å²) in [5, 5.41) is 2.36. The Hall–Kier alpha value is -2.97. The van der Waals surface area contributed by atoms with E-state index in [-0.39, 0.29) is 16.9 Å². The summed E-state index contributed by atoms with van der Waals surface area (Å²) in [6.07, 6.45) is -4.46. The maximum Gasteiger partial charge on any atom is 0.573 e. The van der Waals surface area contributed by atoms with Crippen LogP contribution in [0, 0.1) is 6.92 Å². The minimum Gasteiger partial charge on any atom is -0.465 e. The van der Waals surface area contributed by atoms with Gasteiger partial charge in [-0.25, -0.2) is 4.79 Å². The van der Waals surface area contributed by atoms with Gasteiger partial charge in [0, 0.05) is 5.69 Å². The van der Waals surface area contributed by atoms with Gasteiger partial charge in [0.05, 0.1) is 18.4 Å². The maximum absolute atomic E-state index is 12.5. The molecule has 0 aliphatic rings. The van der Waals surface area contributed by atoms with E-state index in [1.54, 1.807) is 13.8 Å². The Morgan fingerprint density at radius 1 is 1.23 bits per heavy atom. The van der Waals surface area contributed by atoms with E-state index in [0.29, 0.717) is 17.7 Å². The largest absolute Gasteiger partial charge is 0.573 e. The number of methoxy groups -OCH3 is 1. The molecule has 9 heteroatoms. The summed E-state index contributed by atoms with van der Waals surface area (Å²) < 4.78 is 46.1. The van der Waals surface area contributed by atoms with E-state index in [1.165, 1.54) is 25.3 Å². The van der Waals surface area contributed by atoms with Gasteiger partial charge >= 0.3 is 12.3 Å². The zero-order valence-electron chi connectivity index (χ0n) is 14.3. The lowest BCUT2D eigenvalue weighted by molar-refractivity contribution is -0.274. The van der Waals surface area contributed by atoms with Crippen LogP contribution >= 0.6 is 0 Å². The number of carbonyl (C=O) groups is 2. The molecule has 0 aliphatic carbocycles. The van der Waals surface area contributed by atoms with Gasteiger partial charge in [0.15, 0.2) is 5.75 Å². The lowest BCUT2D eigenvalue weighted by Crippen LogP contribution is -2.20. The zero-order chi connectivity index (χ0) is 19.5. The van der Waals surface area contributed by atoms with Crippen LogP contribution in [0.2, 0.25) is 0 Å². The number of alkyl halides is 3. The number of aryl methyl sites for hydroxylation is 1. The first-order valence-electron chi connectivity index (χ1n) is 7.63. The number of aromatic amines is 1. The fourth-order valence-corrected chi connectivity index (χ4v) is 2.50. The Morgan fingerprint density at radius 3 is 2.46 bits per heavy atom. The van der Waals surface area contributed by atoms with Crippen LogP contribution in [-0.2, 0) is 11.2 Å². The van der Waals surface area contributed by atoms with E-state index < -0.39 is 24.0 Å². The SMILES string of the molecule is CCc1[nH]c(C(=O)Nc2ccccc2OC(F)(F)F)c(C)c1C(=O)OC. The van der Waals surface area contributed by atoms with Crippen molar-refractivity contribution in [2.24, 2.45) is 0 Å². The van der Waals surface area contributed by atoms with Crippen LogP contribution in [0.4, 0.5) is 18.9 Å². The smallest absolute Gasteiger partial charge is 0.465 e. The topological polar surface area (TPSA) is 80.4 Å². The third-order valence-electron chi connectivity index (χ3n) is 3.66. The van der Waals surface area contributed by atoms with E-state index in [9.17, 15) is 22.8 Å². The molecule has 1 aromatic heterocycles. The maximum atomic E-state index is 12.5. The van der Waals surface area contributed by atoms with Crippen molar-refractivity contribution >= 4 is 17.6 Å². The normalized spacial score (nSPS) is 11.2. The molecule has 0 saturated carbocycles. The van der Waals surface area contributed by atoms with E-state index in [2.05, 4.69) is 15.0 Å². The monoisotopic (exact) mass is 370 g/mol. The number of rotatable bonds is 5. The van der Waals surface area contributed by atoms with Gasteiger partial charge in [-0.2, -0.15) is 0 Å². The molecular formula is C17H17F3N2O4. The van der Waals surface area contributed by atoms with Crippen LogP contribution in [-0.4, -0.2) is 30.3 Å². The van der Waals surface area contributed by atoms with Gasteiger partial charge in [0.2, 0.25) is 0 Å². The van der Waals surface area contributed by atoms with Crippen LogP contribution in [0.15, 0.2) is 24.3 Å². The Balaban J connectivity index is 2.35.